The van der Waals surface area contributed by atoms with Crippen LogP contribution in [0.4, 0.5) is 0 Å². The molecule has 1 saturated heterocycles. The zero-order valence-corrected chi connectivity index (χ0v) is 17.1. The maximum Gasteiger partial charge on any atom is 0.139 e. The molecule has 26 heavy (non-hydrogen) atoms. The van der Waals surface area contributed by atoms with Gasteiger partial charge in [-0.15, -0.1) is 0 Å². The van der Waals surface area contributed by atoms with Crippen molar-refractivity contribution in [2.75, 3.05) is 31.6 Å². The number of thioether (sulfide) groups is 1. The number of carbonyl (C=O) groups excluding carboxylic acids is 1. The predicted octanol–water partition coefficient (Wildman–Crippen LogP) is 4.16. The van der Waals surface area contributed by atoms with Gasteiger partial charge in [-0.05, 0) is 61.1 Å². The molecule has 1 aromatic rings. The van der Waals surface area contributed by atoms with Gasteiger partial charge in [-0.1, -0.05) is 31.2 Å². The molecule has 0 bridgehead atoms. The molecule has 3 atom stereocenters. The summed E-state index contributed by atoms with van der Waals surface area (Å²) in [5, 5.41) is 3.25. The number of nitrogens with zero attached hydrogens (tertiary/aromatic N) is 1. The second-order valence-corrected chi connectivity index (χ2v) is 8.77. The monoisotopic (exact) mass is 372 g/mol. The Morgan fingerprint density at radius 2 is 2.19 bits per heavy atom. The molecule has 1 unspecified atom stereocenters. The van der Waals surface area contributed by atoms with E-state index in [1.807, 2.05) is 18.8 Å². The molecule has 1 N–H and O–H groups in total. The molecule has 0 spiro atoms. The van der Waals surface area contributed by atoms with Gasteiger partial charge in [0.15, 0.2) is 0 Å². The molecule has 4 heteroatoms. The van der Waals surface area contributed by atoms with E-state index in [0.29, 0.717) is 29.4 Å². The highest BCUT2D eigenvalue weighted by atomic mass is 32.2. The van der Waals surface area contributed by atoms with Crippen molar-refractivity contribution in [1.29, 1.82) is 0 Å². The molecule has 0 amide bonds. The van der Waals surface area contributed by atoms with Gasteiger partial charge in [0.1, 0.15) is 5.78 Å². The molecule has 142 valence electrons. The molecular weight excluding hydrogens is 340 g/mol. The Morgan fingerprint density at radius 1 is 1.38 bits per heavy atom. The van der Waals surface area contributed by atoms with E-state index in [0.717, 1.165) is 12.2 Å². The number of rotatable bonds is 7. The van der Waals surface area contributed by atoms with Crippen LogP contribution in [-0.2, 0) is 4.79 Å². The smallest absolute Gasteiger partial charge is 0.139 e. The van der Waals surface area contributed by atoms with Crippen molar-refractivity contribution in [3.63, 3.8) is 0 Å². The minimum absolute atomic E-state index is 0.291. The summed E-state index contributed by atoms with van der Waals surface area (Å²) in [7, 11) is 1.99. The molecule has 0 aromatic heterocycles. The second-order valence-electron chi connectivity index (χ2n) is 7.74. The van der Waals surface area contributed by atoms with Crippen LogP contribution in [0.3, 0.4) is 0 Å². The number of nitrogens with one attached hydrogen (secondary N) is 1. The lowest BCUT2D eigenvalue weighted by atomic mass is 9.70. The Kier molecular flexibility index (Phi) is 6.82. The molecule has 1 aromatic carbocycles. The molecule has 2 aliphatic rings. The third kappa shape index (κ3) is 4.34. The number of ketones is 1. The van der Waals surface area contributed by atoms with Crippen molar-refractivity contribution >= 4 is 23.1 Å². The first kappa shape index (κ1) is 19.5. The Hall–Kier alpha value is -1.26. The van der Waals surface area contributed by atoms with E-state index in [4.69, 9.17) is 0 Å². The van der Waals surface area contributed by atoms with Crippen molar-refractivity contribution in [3.05, 3.63) is 41.6 Å². The third-order valence-corrected chi connectivity index (χ3v) is 6.95. The van der Waals surface area contributed by atoms with E-state index < -0.39 is 0 Å². The quantitative estimate of drug-likeness (QED) is 0.779. The Bertz CT molecular complexity index is 657. The number of fused-ring (bicyclic) bond motifs is 3. The van der Waals surface area contributed by atoms with Crippen LogP contribution >= 0.6 is 11.8 Å². The van der Waals surface area contributed by atoms with E-state index in [2.05, 4.69) is 47.6 Å². The summed E-state index contributed by atoms with van der Waals surface area (Å²) >= 11 is 1.82. The van der Waals surface area contributed by atoms with Crippen molar-refractivity contribution in [1.82, 2.24) is 10.2 Å². The molecule has 0 radical (unpaired) electrons. The molecule has 3 rings (SSSR count). The summed E-state index contributed by atoms with van der Waals surface area (Å²) in [4.78, 5) is 14.0. The lowest BCUT2D eigenvalue weighted by Crippen LogP contribution is -2.50. The fourth-order valence-electron chi connectivity index (χ4n) is 4.71. The van der Waals surface area contributed by atoms with Crippen LogP contribution in [0.2, 0.25) is 0 Å². The van der Waals surface area contributed by atoms with Gasteiger partial charge in [0.2, 0.25) is 0 Å². The summed E-state index contributed by atoms with van der Waals surface area (Å²) in [6.45, 7) is 6.32. The average Bonchev–Trinajstić information content (AvgIpc) is 2.63. The second kappa shape index (κ2) is 9.09. The molecule has 1 fully saturated rings. The maximum atomic E-state index is 11.3. The maximum absolute atomic E-state index is 11.3. The van der Waals surface area contributed by atoms with Gasteiger partial charge >= 0.3 is 0 Å². The van der Waals surface area contributed by atoms with Crippen molar-refractivity contribution in [3.8, 4) is 0 Å². The number of piperidine rings is 1. The number of carbonyl (C=O) groups is 1. The normalized spacial score (nSPS) is 27.0. The highest BCUT2D eigenvalue weighted by Gasteiger charge is 2.40. The first-order valence-electron chi connectivity index (χ1n) is 9.90. The molecule has 0 saturated carbocycles. The van der Waals surface area contributed by atoms with Gasteiger partial charge in [0.05, 0.1) is 5.75 Å². The Labute approximate surface area is 162 Å². The van der Waals surface area contributed by atoms with Crippen LogP contribution in [-0.4, -0.2) is 48.4 Å². The zero-order chi connectivity index (χ0) is 18.5. The molecule has 3 nitrogen and oxygen atoms in total. The topological polar surface area (TPSA) is 32.3 Å². The predicted molar refractivity (Wildman–Crippen MR) is 113 cm³/mol. The number of benzene rings is 1. The van der Waals surface area contributed by atoms with Gasteiger partial charge in [0, 0.05) is 31.8 Å². The van der Waals surface area contributed by atoms with Crippen LogP contribution in [0.1, 0.15) is 50.2 Å². The van der Waals surface area contributed by atoms with E-state index in [1.54, 1.807) is 6.92 Å². The SMILES string of the molecule is CCCN1C[C@H](CSCC(C)=O)CC2c3ccccc3/C(=C\NC)C[C@H]21. The highest BCUT2D eigenvalue weighted by molar-refractivity contribution is 7.99. The number of likely N-dealkylation sites (tertiary alicyclic amines) is 1. The highest BCUT2D eigenvalue weighted by Crippen LogP contribution is 2.46. The summed E-state index contributed by atoms with van der Waals surface area (Å²) in [6.07, 6.45) is 5.77. The van der Waals surface area contributed by atoms with Gasteiger partial charge in [-0.2, -0.15) is 11.8 Å². The first-order chi connectivity index (χ1) is 12.6. The van der Waals surface area contributed by atoms with Crippen LogP contribution in [0.15, 0.2) is 30.5 Å². The van der Waals surface area contributed by atoms with Crippen LogP contribution in [0, 0.1) is 5.92 Å². The standard InChI is InChI=1S/C22H32N2OS/c1-4-9-24-13-17(15-26-14-16(2)25)10-21-20-8-6-5-7-19(20)18(12-23-3)11-22(21)24/h5-8,12,17,21-23H,4,9-11,13-15H2,1-3H3/b18-12-/t17-,21?,22-/m1/s1. The van der Waals surface area contributed by atoms with Crippen LogP contribution in [0.25, 0.3) is 5.57 Å². The third-order valence-electron chi connectivity index (χ3n) is 5.64. The lowest BCUT2D eigenvalue weighted by molar-refractivity contribution is -0.114. The summed E-state index contributed by atoms with van der Waals surface area (Å²) in [5.74, 6) is 3.34. The van der Waals surface area contributed by atoms with Gasteiger partial charge < -0.3 is 5.32 Å². The van der Waals surface area contributed by atoms with E-state index in [-0.39, 0.29) is 0 Å². The molecular formula is C22H32N2OS. The largest absolute Gasteiger partial charge is 0.394 e. The summed E-state index contributed by atoms with van der Waals surface area (Å²) in [5.41, 5.74) is 4.39. The van der Waals surface area contributed by atoms with Crippen LogP contribution < -0.4 is 5.32 Å². The first-order valence-corrected chi connectivity index (χ1v) is 11.1. The van der Waals surface area contributed by atoms with Crippen molar-refractivity contribution in [2.24, 2.45) is 5.92 Å². The fourth-order valence-corrected chi connectivity index (χ4v) is 5.69. The number of hydrogen-bond donors (Lipinski definition) is 1. The Morgan fingerprint density at radius 3 is 2.92 bits per heavy atom. The average molecular weight is 373 g/mol. The molecule has 1 aliphatic heterocycles. The zero-order valence-electron chi connectivity index (χ0n) is 16.3. The fraction of sp³-hybridized carbons (Fsp3) is 0.591. The Balaban J connectivity index is 1.85. The van der Waals surface area contributed by atoms with Crippen molar-refractivity contribution in [2.45, 2.75) is 45.1 Å². The van der Waals surface area contributed by atoms with Gasteiger partial charge in [0.25, 0.3) is 0 Å². The molecule has 1 aliphatic carbocycles. The van der Waals surface area contributed by atoms with Gasteiger partial charge in [-0.25, -0.2) is 0 Å². The molecule has 1 heterocycles. The minimum atomic E-state index is 0.291. The summed E-state index contributed by atoms with van der Waals surface area (Å²) < 4.78 is 0. The van der Waals surface area contributed by atoms with E-state index in [9.17, 15) is 4.79 Å². The van der Waals surface area contributed by atoms with Crippen molar-refractivity contribution < 1.29 is 4.79 Å². The van der Waals surface area contributed by atoms with Gasteiger partial charge in [-0.3, -0.25) is 9.69 Å². The lowest BCUT2D eigenvalue weighted by Gasteiger charge is -2.48. The summed E-state index contributed by atoms with van der Waals surface area (Å²) in [6, 6.07) is 9.59. The van der Waals surface area contributed by atoms with E-state index >= 15 is 0 Å². The number of hydrogen-bond acceptors (Lipinski definition) is 4. The van der Waals surface area contributed by atoms with Crippen LogP contribution in [0.5, 0.6) is 0 Å². The van der Waals surface area contributed by atoms with E-state index in [1.165, 1.54) is 42.6 Å². The minimum Gasteiger partial charge on any atom is -0.394 e. The number of Topliss-reactive ketones (excluding diaryl/α,β-unsaturated/α-hetero) is 1.